The molecule has 1 rings (SSSR count). The third kappa shape index (κ3) is 3.90. The van der Waals surface area contributed by atoms with Gasteiger partial charge in [-0.2, -0.15) is 4.98 Å². The maximum Gasteiger partial charge on any atom is 0.226 e. The summed E-state index contributed by atoms with van der Waals surface area (Å²) in [5.74, 6) is 1.47. The second-order valence-corrected chi connectivity index (χ2v) is 3.89. The first kappa shape index (κ1) is 13.1. The lowest BCUT2D eigenvalue weighted by Gasteiger charge is -2.19. The minimum absolute atomic E-state index is 0.205. The number of aromatic nitrogens is 2. The molecule has 0 saturated carbocycles. The van der Waals surface area contributed by atoms with Gasteiger partial charge in [-0.1, -0.05) is 12.1 Å². The summed E-state index contributed by atoms with van der Waals surface area (Å²) >= 11 is 0. The van der Waals surface area contributed by atoms with Crippen molar-refractivity contribution < 1.29 is 9.26 Å². The molecule has 0 aliphatic rings. The van der Waals surface area contributed by atoms with Crippen LogP contribution in [-0.4, -0.2) is 35.9 Å². The molecule has 2 unspecified atom stereocenters. The van der Waals surface area contributed by atoms with Crippen molar-refractivity contribution in [2.24, 2.45) is 0 Å². The van der Waals surface area contributed by atoms with E-state index in [1.54, 1.807) is 7.11 Å². The fourth-order valence-corrected chi connectivity index (χ4v) is 1.32. The Kier molecular flexibility index (Phi) is 5.42. The topological polar surface area (TPSA) is 60.2 Å². The van der Waals surface area contributed by atoms with Gasteiger partial charge < -0.3 is 14.6 Å². The number of aryl methyl sites for hydroxylation is 1. The SMILES string of the molecule is CCc1nc(CCNC(C)C(C)OC)no1. The molecule has 0 fully saturated rings. The van der Waals surface area contributed by atoms with Crippen molar-refractivity contribution in [1.82, 2.24) is 15.5 Å². The lowest BCUT2D eigenvalue weighted by molar-refractivity contribution is 0.0889. The molecule has 92 valence electrons. The van der Waals surface area contributed by atoms with E-state index in [9.17, 15) is 0 Å². The highest BCUT2D eigenvalue weighted by molar-refractivity contribution is 4.86. The van der Waals surface area contributed by atoms with Gasteiger partial charge in [0.15, 0.2) is 5.82 Å². The Morgan fingerprint density at radius 1 is 1.44 bits per heavy atom. The van der Waals surface area contributed by atoms with Gasteiger partial charge in [-0.15, -0.1) is 0 Å². The van der Waals surface area contributed by atoms with Gasteiger partial charge in [0.25, 0.3) is 0 Å². The van der Waals surface area contributed by atoms with Gasteiger partial charge in [0.2, 0.25) is 5.89 Å². The van der Waals surface area contributed by atoms with Crippen molar-refractivity contribution in [1.29, 1.82) is 0 Å². The Morgan fingerprint density at radius 3 is 2.75 bits per heavy atom. The molecular formula is C11H21N3O2. The standard InChI is InChI=1S/C11H21N3O2/c1-5-11-13-10(14-16-11)6-7-12-8(2)9(3)15-4/h8-9,12H,5-7H2,1-4H3. The monoisotopic (exact) mass is 227 g/mol. The van der Waals surface area contributed by atoms with E-state index in [2.05, 4.69) is 22.4 Å². The highest BCUT2D eigenvalue weighted by atomic mass is 16.5. The summed E-state index contributed by atoms with van der Waals surface area (Å²) in [5.41, 5.74) is 0. The highest BCUT2D eigenvalue weighted by Crippen LogP contribution is 1.99. The van der Waals surface area contributed by atoms with Gasteiger partial charge in [-0.3, -0.25) is 0 Å². The molecule has 0 spiro atoms. The predicted octanol–water partition coefficient (Wildman–Crippen LogP) is 1.19. The first-order valence-corrected chi connectivity index (χ1v) is 5.75. The largest absolute Gasteiger partial charge is 0.380 e. The van der Waals surface area contributed by atoms with Gasteiger partial charge in [-0.05, 0) is 13.8 Å². The summed E-state index contributed by atoms with van der Waals surface area (Å²) < 4.78 is 10.3. The smallest absolute Gasteiger partial charge is 0.226 e. The maximum absolute atomic E-state index is 5.22. The summed E-state index contributed by atoms with van der Waals surface area (Å²) in [6.07, 6.45) is 1.78. The second-order valence-electron chi connectivity index (χ2n) is 3.89. The molecule has 5 nitrogen and oxygen atoms in total. The third-order valence-corrected chi connectivity index (χ3v) is 2.70. The fraction of sp³-hybridized carbons (Fsp3) is 0.818. The summed E-state index contributed by atoms with van der Waals surface area (Å²) in [4.78, 5) is 4.24. The van der Waals surface area contributed by atoms with Crippen LogP contribution in [0.1, 0.15) is 32.5 Å². The molecule has 0 saturated heterocycles. The summed E-state index contributed by atoms with van der Waals surface area (Å²) in [6, 6.07) is 0.322. The van der Waals surface area contributed by atoms with Crippen LogP contribution in [0.3, 0.4) is 0 Å². The van der Waals surface area contributed by atoms with E-state index in [0.29, 0.717) is 11.9 Å². The van der Waals surface area contributed by atoms with Crippen molar-refractivity contribution in [3.63, 3.8) is 0 Å². The molecule has 0 radical (unpaired) electrons. The highest BCUT2D eigenvalue weighted by Gasteiger charge is 2.10. The van der Waals surface area contributed by atoms with E-state index >= 15 is 0 Å². The maximum atomic E-state index is 5.22. The summed E-state index contributed by atoms with van der Waals surface area (Å²) in [6.45, 7) is 6.97. The van der Waals surface area contributed by atoms with Crippen LogP contribution in [0.25, 0.3) is 0 Å². The van der Waals surface area contributed by atoms with Crippen LogP contribution < -0.4 is 5.32 Å². The van der Waals surface area contributed by atoms with E-state index in [1.165, 1.54) is 0 Å². The van der Waals surface area contributed by atoms with Crippen LogP contribution in [0.15, 0.2) is 4.52 Å². The Balaban J connectivity index is 2.24. The van der Waals surface area contributed by atoms with Gasteiger partial charge in [0, 0.05) is 32.5 Å². The van der Waals surface area contributed by atoms with Crippen LogP contribution in [-0.2, 0) is 17.6 Å². The zero-order valence-corrected chi connectivity index (χ0v) is 10.5. The molecule has 0 bridgehead atoms. The van der Waals surface area contributed by atoms with Gasteiger partial charge in [-0.25, -0.2) is 0 Å². The van der Waals surface area contributed by atoms with Crippen molar-refractivity contribution in [3.8, 4) is 0 Å². The number of ether oxygens (including phenoxy) is 1. The fourth-order valence-electron chi connectivity index (χ4n) is 1.32. The number of hydrogen-bond acceptors (Lipinski definition) is 5. The van der Waals surface area contributed by atoms with Crippen LogP contribution in [0.4, 0.5) is 0 Å². The Hall–Kier alpha value is -0.940. The molecule has 2 atom stereocenters. The lowest BCUT2D eigenvalue weighted by Crippen LogP contribution is -2.37. The molecule has 5 heteroatoms. The minimum atomic E-state index is 0.205. The first-order chi connectivity index (χ1) is 7.67. The number of nitrogens with zero attached hydrogens (tertiary/aromatic N) is 2. The van der Waals surface area contributed by atoms with E-state index < -0.39 is 0 Å². The number of nitrogens with one attached hydrogen (secondary N) is 1. The number of rotatable bonds is 7. The molecule has 0 aliphatic carbocycles. The number of hydrogen-bond donors (Lipinski definition) is 1. The van der Waals surface area contributed by atoms with E-state index in [4.69, 9.17) is 9.26 Å². The Morgan fingerprint density at radius 2 is 2.19 bits per heavy atom. The quantitative estimate of drug-likeness (QED) is 0.758. The van der Waals surface area contributed by atoms with Crippen molar-refractivity contribution >= 4 is 0 Å². The molecule has 1 N–H and O–H groups in total. The predicted molar refractivity (Wildman–Crippen MR) is 61.3 cm³/mol. The van der Waals surface area contributed by atoms with Gasteiger partial charge >= 0.3 is 0 Å². The Labute approximate surface area is 96.6 Å². The van der Waals surface area contributed by atoms with Crippen molar-refractivity contribution in [2.75, 3.05) is 13.7 Å². The molecule has 0 aromatic carbocycles. The van der Waals surface area contributed by atoms with Crippen LogP contribution in [0, 0.1) is 0 Å². The Bertz CT molecular complexity index is 301. The molecule has 1 heterocycles. The average molecular weight is 227 g/mol. The lowest BCUT2D eigenvalue weighted by atomic mass is 10.2. The van der Waals surface area contributed by atoms with Crippen molar-refractivity contribution in [3.05, 3.63) is 11.7 Å². The third-order valence-electron chi connectivity index (χ3n) is 2.70. The van der Waals surface area contributed by atoms with E-state index in [-0.39, 0.29) is 6.10 Å². The molecule has 1 aromatic heterocycles. The van der Waals surface area contributed by atoms with Gasteiger partial charge in [0.05, 0.1) is 6.10 Å². The molecule has 1 aromatic rings. The van der Waals surface area contributed by atoms with Crippen molar-refractivity contribution in [2.45, 2.75) is 45.8 Å². The summed E-state index contributed by atoms with van der Waals surface area (Å²) in [5, 5.41) is 7.25. The molecule has 0 amide bonds. The minimum Gasteiger partial charge on any atom is -0.380 e. The normalized spacial score (nSPS) is 15.0. The summed E-state index contributed by atoms with van der Waals surface area (Å²) in [7, 11) is 1.72. The van der Waals surface area contributed by atoms with Gasteiger partial charge in [0.1, 0.15) is 0 Å². The second kappa shape index (κ2) is 6.60. The zero-order chi connectivity index (χ0) is 12.0. The van der Waals surface area contributed by atoms with Crippen LogP contribution in [0.5, 0.6) is 0 Å². The van der Waals surface area contributed by atoms with Crippen LogP contribution in [0.2, 0.25) is 0 Å². The molecular weight excluding hydrogens is 206 g/mol. The van der Waals surface area contributed by atoms with Crippen LogP contribution >= 0.6 is 0 Å². The number of methoxy groups -OCH3 is 1. The first-order valence-electron chi connectivity index (χ1n) is 5.75. The zero-order valence-electron chi connectivity index (χ0n) is 10.5. The van der Waals surface area contributed by atoms with E-state index in [1.807, 2.05) is 13.8 Å². The molecule has 0 aliphatic heterocycles. The molecule has 16 heavy (non-hydrogen) atoms. The average Bonchev–Trinajstić information content (AvgIpc) is 2.75. The van der Waals surface area contributed by atoms with E-state index in [0.717, 1.165) is 25.2 Å².